The van der Waals surface area contributed by atoms with Gasteiger partial charge in [-0.05, 0) is 42.9 Å². The number of hydrogen-bond acceptors (Lipinski definition) is 2. The molecule has 1 saturated carbocycles. The predicted molar refractivity (Wildman–Crippen MR) is 57.8 cm³/mol. The average Bonchev–Trinajstić information content (AvgIpc) is 2.97. The minimum atomic E-state index is 0.0138. The maximum absolute atomic E-state index is 9.04. The molecule has 0 saturated heterocycles. The lowest BCUT2D eigenvalue weighted by Gasteiger charge is -2.04. The number of rotatable bonds is 2. The molecule has 0 amide bonds. The number of aryl methyl sites for hydroxylation is 1. The summed E-state index contributed by atoms with van der Waals surface area (Å²) >= 11 is 0. The fourth-order valence-electron chi connectivity index (χ4n) is 2.16. The van der Waals surface area contributed by atoms with E-state index in [1.807, 2.05) is 16.8 Å². The Morgan fingerprint density at radius 3 is 3.00 bits per heavy atom. The molecule has 1 fully saturated rings. The molecule has 0 aliphatic heterocycles. The molecule has 3 nitrogen and oxygen atoms in total. The summed E-state index contributed by atoms with van der Waals surface area (Å²) in [6.07, 6.45) is 6.55. The number of hydrogen-bond donors (Lipinski definition) is 1. The molecule has 1 aliphatic rings. The summed E-state index contributed by atoms with van der Waals surface area (Å²) in [6, 6.07) is 2.18. The van der Waals surface area contributed by atoms with E-state index < -0.39 is 0 Å². The van der Waals surface area contributed by atoms with Crippen LogP contribution < -0.4 is 0 Å². The molecular formula is C12H14N2O. The lowest BCUT2D eigenvalue weighted by Crippen LogP contribution is -1.92. The van der Waals surface area contributed by atoms with Gasteiger partial charge in [0.1, 0.15) is 5.65 Å². The Hall–Kier alpha value is -1.35. The molecular weight excluding hydrogens is 188 g/mol. The van der Waals surface area contributed by atoms with Gasteiger partial charge in [-0.25, -0.2) is 4.98 Å². The average molecular weight is 202 g/mol. The Bertz CT molecular complexity index is 512. The fraction of sp³-hybridized carbons (Fsp3) is 0.417. The zero-order valence-electron chi connectivity index (χ0n) is 8.77. The van der Waals surface area contributed by atoms with Crippen LogP contribution in [0.2, 0.25) is 0 Å². The minimum absolute atomic E-state index is 0.0138. The summed E-state index contributed by atoms with van der Waals surface area (Å²) < 4.78 is 1.99. The molecule has 2 aromatic rings. The van der Waals surface area contributed by atoms with Crippen molar-refractivity contribution in [1.29, 1.82) is 0 Å². The standard InChI is InChI=1S/C12H14N2O/c1-8-11(9-2-3-9)4-5-14-6-10(7-15)13-12(8)14/h4-6,9,15H,2-3,7H2,1H3. The van der Waals surface area contributed by atoms with Gasteiger partial charge in [-0.15, -0.1) is 0 Å². The first-order chi connectivity index (χ1) is 7.29. The van der Waals surface area contributed by atoms with Crippen LogP contribution in [-0.2, 0) is 6.61 Å². The first-order valence-corrected chi connectivity index (χ1v) is 5.37. The highest BCUT2D eigenvalue weighted by Crippen LogP contribution is 2.42. The number of nitrogens with zero attached hydrogens (tertiary/aromatic N) is 2. The lowest BCUT2D eigenvalue weighted by molar-refractivity contribution is 0.277. The maximum Gasteiger partial charge on any atom is 0.140 e. The van der Waals surface area contributed by atoms with Crippen LogP contribution >= 0.6 is 0 Å². The van der Waals surface area contributed by atoms with Crippen molar-refractivity contribution in [3.63, 3.8) is 0 Å². The van der Waals surface area contributed by atoms with Crippen LogP contribution in [0.5, 0.6) is 0 Å². The van der Waals surface area contributed by atoms with Crippen molar-refractivity contribution in [3.05, 3.63) is 35.3 Å². The van der Waals surface area contributed by atoms with Gasteiger partial charge < -0.3 is 9.51 Å². The Morgan fingerprint density at radius 2 is 2.33 bits per heavy atom. The van der Waals surface area contributed by atoms with Crippen molar-refractivity contribution in [2.45, 2.75) is 32.3 Å². The normalized spacial score (nSPS) is 16.1. The van der Waals surface area contributed by atoms with Crippen LogP contribution in [0.4, 0.5) is 0 Å². The number of imidazole rings is 1. The molecule has 15 heavy (non-hydrogen) atoms. The molecule has 1 N–H and O–H groups in total. The Balaban J connectivity index is 2.21. The second-order valence-corrected chi connectivity index (χ2v) is 4.29. The quantitative estimate of drug-likeness (QED) is 0.808. The van der Waals surface area contributed by atoms with Gasteiger partial charge in [0.25, 0.3) is 0 Å². The Labute approximate surface area is 88.4 Å². The second-order valence-electron chi connectivity index (χ2n) is 4.29. The highest BCUT2D eigenvalue weighted by atomic mass is 16.3. The van der Waals surface area contributed by atoms with Crippen LogP contribution in [-0.4, -0.2) is 14.5 Å². The summed E-state index contributed by atoms with van der Waals surface area (Å²) in [5, 5.41) is 9.04. The largest absolute Gasteiger partial charge is 0.390 e. The van der Waals surface area contributed by atoms with Gasteiger partial charge >= 0.3 is 0 Å². The van der Waals surface area contributed by atoms with Gasteiger partial charge in [0.15, 0.2) is 0 Å². The molecule has 1 aliphatic carbocycles. The minimum Gasteiger partial charge on any atom is -0.390 e. The summed E-state index contributed by atoms with van der Waals surface area (Å²) in [6.45, 7) is 2.14. The first-order valence-electron chi connectivity index (χ1n) is 5.37. The third-order valence-corrected chi connectivity index (χ3v) is 3.14. The van der Waals surface area contributed by atoms with E-state index in [2.05, 4.69) is 18.0 Å². The molecule has 3 rings (SSSR count). The van der Waals surface area contributed by atoms with E-state index in [0.717, 1.165) is 17.3 Å². The maximum atomic E-state index is 9.04. The molecule has 0 aromatic carbocycles. The summed E-state index contributed by atoms with van der Waals surface area (Å²) in [7, 11) is 0. The zero-order chi connectivity index (χ0) is 10.4. The Morgan fingerprint density at radius 1 is 1.53 bits per heavy atom. The third-order valence-electron chi connectivity index (χ3n) is 3.14. The van der Waals surface area contributed by atoms with E-state index >= 15 is 0 Å². The number of aromatic nitrogens is 2. The van der Waals surface area contributed by atoms with Gasteiger partial charge in [0.2, 0.25) is 0 Å². The van der Waals surface area contributed by atoms with Crippen LogP contribution in [0, 0.1) is 6.92 Å². The van der Waals surface area contributed by atoms with Crippen molar-refractivity contribution in [2.75, 3.05) is 0 Å². The van der Waals surface area contributed by atoms with E-state index in [9.17, 15) is 0 Å². The second kappa shape index (κ2) is 3.07. The monoisotopic (exact) mass is 202 g/mol. The molecule has 0 bridgehead atoms. The van der Waals surface area contributed by atoms with Gasteiger partial charge in [-0.3, -0.25) is 0 Å². The summed E-state index contributed by atoms with van der Waals surface area (Å²) in [5.74, 6) is 0.754. The van der Waals surface area contributed by atoms with E-state index in [-0.39, 0.29) is 6.61 Å². The van der Waals surface area contributed by atoms with Crippen molar-refractivity contribution >= 4 is 5.65 Å². The van der Waals surface area contributed by atoms with Crippen molar-refractivity contribution in [1.82, 2.24) is 9.38 Å². The van der Waals surface area contributed by atoms with Crippen LogP contribution in [0.1, 0.15) is 35.6 Å². The van der Waals surface area contributed by atoms with Crippen LogP contribution in [0.3, 0.4) is 0 Å². The third kappa shape index (κ3) is 1.35. The summed E-state index contributed by atoms with van der Waals surface area (Å²) in [4.78, 5) is 4.41. The van der Waals surface area contributed by atoms with Gasteiger partial charge in [-0.2, -0.15) is 0 Å². The molecule has 0 unspecified atom stereocenters. The topological polar surface area (TPSA) is 37.5 Å². The lowest BCUT2D eigenvalue weighted by atomic mass is 10.1. The molecule has 0 spiro atoms. The van der Waals surface area contributed by atoms with Crippen molar-refractivity contribution < 1.29 is 5.11 Å². The molecule has 2 aromatic heterocycles. The fourth-order valence-corrected chi connectivity index (χ4v) is 2.16. The van der Waals surface area contributed by atoms with Crippen molar-refractivity contribution in [2.24, 2.45) is 0 Å². The van der Waals surface area contributed by atoms with Gasteiger partial charge in [0, 0.05) is 12.4 Å². The number of fused-ring (bicyclic) bond motifs is 1. The van der Waals surface area contributed by atoms with Crippen LogP contribution in [0.25, 0.3) is 5.65 Å². The van der Waals surface area contributed by atoms with Crippen molar-refractivity contribution in [3.8, 4) is 0 Å². The molecule has 78 valence electrons. The predicted octanol–water partition coefficient (Wildman–Crippen LogP) is 2.01. The van der Waals surface area contributed by atoms with E-state index in [1.54, 1.807) is 0 Å². The highest BCUT2D eigenvalue weighted by molar-refractivity contribution is 5.53. The zero-order valence-corrected chi connectivity index (χ0v) is 8.77. The first kappa shape index (κ1) is 8.92. The van der Waals surface area contributed by atoms with E-state index in [0.29, 0.717) is 0 Å². The summed E-state index contributed by atoms with van der Waals surface area (Å²) in [5.41, 5.74) is 4.42. The van der Waals surface area contributed by atoms with Gasteiger partial charge in [0.05, 0.1) is 12.3 Å². The molecule has 3 heteroatoms. The van der Waals surface area contributed by atoms with Gasteiger partial charge in [-0.1, -0.05) is 0 Å². The number of pyridine rings is 1. The van der Waals surface area contributed by atoms with E-state index in [1.165, 1.54) is 24.0 Å². The molecule has 0 atom stereocenters. The SMILES string of the molecule is Cc1c(C2CC2)ccn2cc(CO)nc12. The number of aliphatic hydroxyl groups is 1. The molecule has 2 heterocycles. The smallest absolute Gasteiger partial charge is 0.140 e. The van der Waals surface area contributed by atoms with E-state index in [4.69, 9.17) is 5.11 Å². The van der Waals surface area contributed by atoms with Crippen LogP contribution in [0.15, 0.2) is 18.5 Å². The molecule has 0 radical (unpaired) electrons. The number of aliphatic hydroxyl groups excluding tert-OH is 1. The Kier molecular flexibility index (Phi) is 1.83. The highest BCUT2D eigenvalue weighted by Gasteiger charge is 2.26.